The van der Waals surface area contributed by atoms with E-state index in [0.29, 0.717) is 5.56 Å². The van der Waals surface area contributed by atoms with Crippen molar-refractivity contribution in [1.82, 2.24) is 19.6 Å². The van der Waals surface area contributed by atoms with E-state index in [0.717, 1.165) is 11.1 Å². The number of rotatable bonds is 1. The number of hydrogen-bond donors (Lipinski definition) is 2. The van der Waals surface area contributed by atoms with E-state index in [4.69, 9.17) is 5.73 Å². The second kappa shape index (κ2) is 3.69. The van der Waals surface area contributed by atoms with E-state index in [-0.39, 0.29) is 17.3 Å². The lowest BCUT2D eigenvalue weighted by molar-refractivity contribution is 0.906. The average molecular weight is 241 g/mol. The molecule has 0 atom stereocenters. The summed E-state index contributed by atoms with van der Waals surface area (Å²) in [5.41, 5.74) is 7.75. The minimum absolute atomic E-state index is 0.167. The van der Waals surface area contributed by atoms with Crippen molar-refractivity contribution in [3.05, 3.63) is 46.4 Å². The number of nitrogens with two attached hydrogens (primary N) is 1. The topological polar surface area (TPSA) is 89.1 Å². The molecule has 3 aromatic rings. The predicted molar refractivity (Wildman–Crippen MR) is 68.2 cm³/mol. The maximum Gasteiger partial charge on any atom is 0.281 e. The standard InChI is InChI=1S/C12H11N5O/c1-7-2-4-8(5-3-7)9-6-14-12-15-11(13)16-17(12)10(9)18/h2-6H,1H3,(H3,13,14,15,16). The van der Waals surface area contributed by atoms with Crippen molar-refractivity contribution < 1.29 is 0 Å². The van der Waals surface area contributed by atoms with Crippen LogP contribution in [-0.4, -0.2) is 19.6 Å². The molecule has 0 aliphatic heterocycles. The molecule has 3 rings (SSSR count). The lowest BCUT2D eigenvalue weighted by Crippen LogP contribution is -2.17. The SMILES string of the molecule is Cc1ccc(-c2cnc3nc(N)[nH]n3c2=O)cc1. The minimum atomic E-state index is -0.215. The van der Waals surface area contributed by atoms with Crippen molar-refractivity contribution in [1.29, 1.82) is 0 Å². The predicted octanol–water partition coefficient (Wildman–Crippen LogP) is 0.975. The molecule has 0 aliphatic rings. The molecule has 6 heteroatoms. The molecule has 0 radical (unpaired) electrons. The fraction of sp³-hybridized carbons (Fsp3) is 0.0833. The summed E-state index contributed by atoms with van der Waals surface area (Å²) in [6.07, 6.45) is 1.52. The molecule has 90 valence electrons. The molecular formula is C12H11N5O. The van der Waals surface area contributed by atoms with Crippen LogP contribution in [0.4, 0.5) is 5.95 Å². The first kappa shape index (κ1) is 10.5. The van der Waals surface area contributed by atoms with Crippen molar-refractivity contribution in [2.45, 2.75) is 6.92 Å². The number of benzene rings is 1. The van der Waals surface area contributed by atoms with Gasteiger partial charge in [0, 0.05) is 6.20 Å². The Morgan fingerprint density at radius 2 is 2.00 bits per heavy atom. The molecule has 0 fully saturated rings. The molecule has 0 saturated heterocycles. The van der Waals surface area contributed by atoms with Gasteiger partial charge in [0.05, 0.1) is 5.56 Å². The number of hydrogen-bond acceptors (Lipinski definition) is 4. The second-order valence-corrected chi connectivity index (χ2v) is 4.09. The van der Waals surface area contributed by atoms with Gasteiger partial charge >= 0.3 is 0 Å². The third-order valence-corrected chi connectivity index (χ3v) is 2.75. The normalized spacial score (nSPS) is 10.9. The largest absolute Gasteiger partial charge is 0.368 e. The summed E-state index contributed by atoms with van der Waals surface area (Å²) < 4.78 is 1.24. The highest BCUT2D eigenvalue weighted by atomic mass is 16.1. The van der Waals surface area contributed by atoms with Gasteiger partial charge in [-0.2, -0.15) is 9.50 Å². The fourth-order valence-electron chi connectivity index (χ4n) is 1.80. The summed E-state index contributed by atoms with van der Waals surface area (Å²) in [6, 6.07) is 7.68. The number of nitrogens with one attached hydrogen (secondary N) is 1. The Hall–Kier alpha value is -2.63. The number of nitrogens with zero attached hydrogens (tertiary/aromatic N) is 3. The van der Waals surface area contributed by atoms with Crippen LogP contribution in [0.3, 0.4) is 0 Å². The molecule has 0 amide bonds. The maximum atomic E-state index is 12.2. The zero-order chi connectivity index (χ0) is 12.7. The monoisotopic (exact) mass is 241 g/mol. The van der Waals surface area contributed by atoms with Crippen LogP contribution in [0.1, 0.15) is 5.56 Å². The zero-order valence-corrected chi connectivity index (χ0v) is 9.71. The van der Waals surface area contributed by atoms with Crippen LogP contribution in [0.15, 0.2) is 35.3 Å². The molecular weight excluding hydrogens is 230 g/mol. The van der Waals surface area contributed by atoms with Gasteiger partial charge in [-0.1, -0.05) is 29.8 Å². The van der Waals surface area contributed by atoms with Gasteiger partial charge in [0.1, 0.15) is 0 Å². The van der Waals surface area contributed by atoms with E-state index in [9.17, 15) is 4.79 Å². The first-order valence-corrected chi connectivity index (χ1v) is 5.45. The van der Waals surface area contributed by atoms with E-state index >= 15 is 0 Å². The van der Waals surface area contributed by atoms with Crippen molar-refractivity contribution >= 4 is 11.7 Å². The Balaban J connectivity index is 2.26. The van der Waals surface area contributed by atoms with Gasteiger partial charge in [-0.15, -0.1) is 0 Å². The van der Waals surface area contributed by atoms with Gasteiger partial charge in [0.15, 0.2) is 0 Å². The van der Waals surface area contributed by atoms with Crippen LogP contribution in [0.2, 0.25) is 0 Å². The third-order valence-electron chi connectivity index (χ3n) is 2.75. The van der Waals surface area contributed by atoms with Crippen LogP contribution in [0.25, 0.3) is 16.9 Å². The Bertz CT molecular complexity index is 769. The van der Waals surface area contributed by atoms with Crippen LogP contribution in [0.5, 0.6) is 0 Å². The molecule has 0 unspecified atom stereocenters. The maximum absolute atomic E-state index is 12.2. The number of aryl methyl sites for hydroxylation is 1. The summed E-state index contributed by atoms with van der Waals surface area (Å²) in [5, 5.41) is 2.66. The summed E-state index contributed by atoms with van der Waals surface area (Å²) in [5.74, 6) is 0.439. The Morgan fingerprint density at radius 3 is 2.72 bits per heavy atom. The molecule has 0 spiro atoms. The molecule has 6 nitrogen and oxygen atoms in total. The third kappa shape index (κ3) is 1.55. The van der Waals surface area contributed by atoms with Gasteiger partial charge in [-0.3, -0.25) is 9.89 Å². The lowest BCUT2D eigenvalue weighted by atomic mass is 10.1. The van der Waals surface area contributed by atoms with Crippen LogP contribution in [-0.2, 0) is 0 Å². The van der Waals surface area contributed by atoms with E-state index < -0.39 is 0 Å². The molecule has 0 bridgehead atoms. The Kier molecular flexibility index (Phi) is 2.16. The summed E-state index contributed by atoms with van der Waals surface area (Å²) >= 11 is 0. The van der Waals surface area contributed by atoms with Gasteiger partial charge in [0.25, 0.3) is 11.3 Å². The van der Waals surface area contributed by atoms with Crippen LogP contribution in [0, 0.1) is 6.92 Å². The van der Waals surface area contributed by atoms with Gasteiger partial charge in [-0.25, -0.2) is 4.98 Å². The molecule has 1 aromatic carbocycles. The quantitative estimate of drug-likeness (QED) is 0.664. The van der Waals surface area contributed by atoms with E-state index in [1.807, 2.05) is 31.2 Å². The number of aromatic amines is 1. The fourth-order valence-corrected chi connectivity index (χ4v) is 1.80. The Labute approximate surface area is 102 Å². The van der Waals surface area contributed by atoms with Gasteiger partial charge < -0.3 is 5.73 Å². The van der Waals surface area contributed by atoms with Crippen molar-refractivity contribution in [2.24, 2.45) is 0 Å². The summed E-state index contributed by atoms with van der Waals surface area (Å²) in [4.78, 5) is 20.2. The van der Waals surface area contributed by atoms with Crippen LogP contribution >= 0.6 is 0 Å². The molecule has 0 saturated carbocycles. The lowest BCUT2D eigenvalue weighted by Gasteiger charge is -2.01. The van der Waals surface area contributed by atoms with E-state index in [1.165, 1.54) is 10.7 Å². The minimum Gasteiger partial charge on any atom is -0.368 e. The molecule has 3 N–H and O–H groups in total. The van der Waals surface area contributed by atoms with Gasteiger partial charge in [0.2, 0.25) is 5.95 Å². The number of H-pyrrole nitrogens is 1. The molecule has 2 aromatic heterocycles. The van der Waals surface area contributed by atoms with Crippen molar-refractivity contribution in [3.63, 3.8) is 0 Å². The highest BCUT2D eigenvalue weighted by molar-refractivity contribution is 5.62. The number of nitrogen functional groups attached to an aromatic ring is 1. The first-order chi connectivity index (χ1) is 8.65. The van der Waals surface area contributed by atoms with Crippen molar-refractivity contribution in [2.75, 3.05) is 5.73 Å². The second-order valence-electron chi connectivity index (χ2n) is 4.09. The molecule has 18 heavy (non-hydrogen) atoms. The highest BCUT2D eigenvalue weighted by Crippen LogP contribution is 2.15. The summed E-state index contributed by atoms with van der Waals surface area (Å²) in [7, 11) is 0. The van der Waals surface area contributed by atoms with Crippen LogP contribution < -0.4 is 11.3 Å². The van der Waals surface area contributed by atoms with Gasteiger partial charge in [-0.05, 0) is 12.5 Å². The average Bonchev–Trinajstić information content (AvgIpc) is 2.73. The molecule has 2 heterocycles. The number of aromatic nitrogens is 4. The molecule has 0 aliphatic carbocycles. The van der Waals surface area contributed by atoms with E-state index in [2.05, 4.69) is 15.1 Å². The zero-order valence-electron chi connectivity index (χ0n) is 9.71. The summed E-state index contributed by atoms with van der Waals surface area (Å²) in [6.45, 7) is 1.99. The van der Waals surface area contributed by atoms with E-state index in [1.54, 1.807) is 0 Å². The first-order valence-electron chi connectivity index (χ1n) is 5.45. The smallest absolute Gasteiger partial charge is 0.281 e. The van der Waals surface area contributed by atoms with Crippen molar-refractivity contribution in [3.8, 4) is 11.1 Å². The highest BCUT2D eigenvalue weighted by Gasteiger charge is 2.09. The Morgan fingerprint density at radius 1 is 1.28 bits per heavy atom. The number of fused-ring (bicyclic) bond motifs is 1. The number of anilines is 1.